The Bertz CT molecular complexity index is 732. The van der Waals surface area contributed by atoms with E-state index in [4.69, 9.17) is 4.74 Å². The smallest absolute Gasteiger partial charge is 0.169 e. The van der Waals surface area contributed by atoms with Crippen LogP contribution in [0.4, 0.5) is 4.39 Å². The van der Waals surface area contributed by atoms with E-state index < -0.39 is 0 Å². The maximum atomic E-state index is 14.1. The molecule has 1 aromatic carbocycles. The largest absolute Gasteiger partial charge is 0.381 e. The van der Waals surface area contributed by atoms with Crippen LogP contribution in [0, 0.1) is 11.7 Å². The Labute approximate surface area is 197 Å². The number of Topliss-reactive ketones (excluding diaryl/α,β-unsaturated/α-hetero) is 1. The Morgan fingerprint density at radius 3 is 2.38 bits per heavy atom. The molecule has 0 aromatic heterocycles. The number of nitrogens with zero attached hydrogens (tertiary/aromatic N) is 2. The fourth-order valence-corrected chi connectivity index (χ4v) is 3.82. The number of ketones is 1. The highest BCUT2D eigenvalue weighted by atomic mass is 32.2. The number of halogens is 1. The first kappa shape index (κ1) is 30.1. The Kier molecular flexibility index (Phi) is 17.6. The lowest BCUT2D eigenvalue weighted by atomic mass is 9.81. The van der Waals surface area contributed by atoms with Crippen molar-refractivity contribution < 1.29 is 18.7 Å². The van der Waals surface area contributed by atoms with Crippen LogP contribution in [0.15, 0.2) is 33.1 Å². The van der Waals surface area contributed by atoms with Crippen LogP contribution in [0.25, 0.3) is 0 Å². The summed E-state index contributed by atoms with van der Waals surface area (Å²) in [7, 11) is 3.14. The van der Waals surface area contributed by atoms with Gasteiger partial charge in [-0.1, -0.05) is 26.8 Å². The first-order valence-electron chi connectivity index (χ1n) is 11.3. The van der Waals surface area contributed by atoms with E-state index in [1.54, 1.807) is 26.2 Å². The fourth-order valence-electron chi connectivity index (χ4n) is 3.36. The van der Waals surface area contributed by atoms with Crippen LogP contribution in [0.1, 0.15) is 64.4 Å². The lowest BCUT2D eigenvalue weighted by molar-refractivity contribution is -0.121. The molecule has 0 amide bonds. The molecule has 180 valence electrons. The molecule has 2 rings (SSSR count). The third-order valence-electron chi connectivity index (χ3n) is 5.01. The van der Waals surface area contributed by atoms with E-state index in [2.05, 4.69) is 9.98 Å². The molecule has 0 N–H and O–H groups in total. The first-order valence-corrected chi connectivity index (χ1v) is 12.5. The molecule has 1 heterocycles. The second-order valence-corrected chi connectivity index (χ2v) is 7.96. The molecule has 1 saturated heterocycles. The summed E-state index contributed by atoms with van der Waals surface area (Å²) in [6, 6.07) is 5.28. The molecular formula is C25H39FN2O3S. The molecule has 7 heteroatoms. The van der Waals surface area contributed by atoms with Gasteiger partial charge in [0.2, 0.25) is 0 Å². The van der Waals surface area contributed by atoms with Crippen molar-refractivity contribution in [1.29, 1.82) is 0 Å². The van der Waals surface area contributed by atoms with E-state index in [9.17, 15) is 14.0 Å². The highest BCUT2D eigenvalue weighted by Gasteiger charge is 2.26. The minimum absolute atomic E-state index is 0.173. The van der Waals surface area contributed by atoms with Crippen molar-refractivity contribution >= 4 is 35.8 Å². The summed E-state index contributed by atoms with van der Waals surface area (Å²) in [6.45, 7) is 7.57. The highest BCUT2D eigenvalue weighted by molar-refractivity contribution is 7.98. The lowest BCUT2D eigenvalue weighted by Gasteiger charge is -2.26. The van der Waals surface area contributed by atoms with Crippen LogP contribution in [-0.2, 0) is 14.3 Å². The fraction of sp³-hybridized carbons (Fsp3) is 0.600. The van der Waals surface area contributed by atoms with Crippen molar-refractivity contribution in [1.82, 2.24) is 0 Å². The monoisotopic (exact) mass is 466 g/mol. The highest BCUT2D eigenvalue weighted by Crippen LogP contribution is 2.33. The van der Waals surface area contributed by atoms with Crippen LogP contribution in [0.3, 0.4) is 0 Å². The molecular weight excluding hydrogens is 427 g/mol. The summed E-state index contributed by atoms with van der Waals surface area (Å²) in [5, 5.41) is 0. The Morgan fingerprint density at radius 1 is 1.28 bits per heavy atom. The van der Waals surface area contributed by atoms with E-state index in [-0.39, 0.29) is 17.5 Å². The molecule has 1 fully saturated rings. The van der Waals surface area contributed by atoms with E-state index in [1.807, 2.05) is 33.1 Å². The second-order valence-electron chi connectivity index (χ2n) is 7.11. The number of hydrogen-bond acceptors (Lipinski definition) is 6. The maximum Gasteiger partial charge on any atom is 0.169 e. The molecule has 1 atom stereocenters. The molecule has 0 aliphatic carbocycles. The maximum absolute atomic E-state index is 14.1. The number of aldehydes is 1. The van der Waals surface area contributed by atoms with Gasteiger partial charge in [0.25, 0.3) is 0 Å². The molecule has 0 spiro atoms. The summed E-state index contributed by atoms with van der Waals surface area (Å²) in [6.07, 6.45) is 8.16. The summed E-state index contributed by atoms with van der Waals surface area (Å²) in [5.74, 6) is 0.355. The van der Waals surface area contributed by atoms with Crippen molar-refractivity contribution in [2.45, 2.75) is 63.7 Å². The SMILES string of the molecule is CC.CCCC(=O)C(CC1CCOCC1)c1ccc(SC)c(F)c1.CN=CC(C=O)=NC. The zero-order chi connectivity index (χ0) is 24.4. The standard InChI is InChI=1S/C18H25FO2S.C5H8N2O.C2H6/c1-3-4-17(20)15(11-13-7-9-21-10-8-13)14-5-6-18(22-2)16(19)12-14;1-6-3-5(4-8)7-2;1-2/h5-6,12-13,15H,3-4,7-11H2,1-2H3;3-4H,1-2H3;1-2H3. The number of benzene rings is 1. The molecule has 1 unspecified atom stereocenters. The number of hydrogen-bond donors (Lipinski definition) is 0. The number of carbonyl (C=O) groups excluding carboxylic acids is 2. The van der Waals surface area contributed by atoms with E-state index in [0.29, 0.717) is 29.2 Å². The molecule has 0 saturated carbocycles. The molecule has 1 aromatic rings. The number of carbonyl (C=O) groups is 2. The number of aliphatic imine (C=N–C) groups is 2. The summed E-state index contributed by atoms with van der Waals surface area (Å²) in [5.41, 5.74) is 1.20. The minimum atomic E-state index is -0.216. The Balaban J connectivity index is 0.000000814. The van der Waals surface area contributed by atoms with E-state index in [1.165, 1.54) is 18.0 Å². The van der Waals surface area contributed by atoms with Gasteiger partial charge < -0.3 is 4.74 Å². The quantitative estimate of drug-likeness (QED) is 0.262. The predicted molar refractivity (Wildman–Crippen MR) is 134 cm³/mol. The van der Waals surface area contributed by atoms with Gasteiger partial charge in [0.15, 0.2) is 6.29 Å². The van der Waals surface area contributed by atoms with Gasteiger partial charge in [-0.15, -0.1) is 11.8 Å². The average molecular weight is 467 g/mol. The molecule has 1 aliphatic rings. The molecule has 1 aliphatic heterocycles. The minimum Gasteiger partial charge on any atom is -0.381 e. The van der Waals surface area contributed by atoms with Gasteiger partial charge >= 0.3 is 0 Å². The van der Waals surface area contributed by atoms with Gasteiger partial charge in [-0.3, -0.25) is 19.6 Å². The van der Waals surface area contributed by atoms with Crippen LogP contribution >= 0.6 is 11.8 Å². The predicted octanol–water partition coefficient (Wildman–Crippen LogP) is 5.80. The normalized spacial score (nSPS) is 15.3. The van der Waals surface area contributed by atoms with Crippen molar-refractivity contribution in [3.63, 3.8) is 0 Å². The third kappa shape index (κ3) is 11.1. The van der Waals surface area contributed by atoms with E-state index in [0.717, 1.165) is 44.5 Å². The van der Waals surface area contributed by atoms with Gasteiger partial charge in [-0.05, 0) is 55.6 Å². The second kappa shape index (κ2) is 18.7. The van der Waals surface area contributed by atoms with Gasteiger partial charge in [-0.25, -0.2) is 4.39 Å². The van der Waals surface area contributed by atoms with Crippen LogP contribution < -0.4 is 0 Å². The summed E-state index contributed by atoms with van der Waals surface area (Å²) in [4.78, 5) is 30.3. The summed E-state index contributed by atoms with van der Waals surface area (Å²) < 4.78 is 19.5. The zero-order valence-electron chi connectivity index (χ0n) is 20.4. The van der Waals surface area contributed by atoms with Gasteiger partial charge in [0, 0.05) is 50.8 Å². The first-order chi connectivity index (χ1) is 15.5. The Hall–Kier alpha value is -1.86. The van der Waals surface area contributed by atoms with Crippen molar-refractivity contribution in [3.8, 4) is 0 Å². The molecule has 0 bridgehead atoms. The molecule has 32 heavy (non-hydrogen) atoms. The van der Waals surface area contributed by atoms with Crippen molar-refractivity contribution in [2.75, 3.05) is 33.6 Å². The average Bonchev–Trinajstić information content (AvgIpc) is 2.83. The Morgan fingerprint density at radius 2 is 1.94 bits per heavy atom. The van der Waals surface area contributed by atoms with Crippen LogP contribution in [0.5, 0.6) is 0 Å². The number of thioether (sulfide) groups is 1. The van der Waals surface area contributed by atoms with Crippen molar-refractivity contribution in [3.05, 3.63) is 29.6 Å². The molecule has 5 nitrogen and oxygen atoms in total. The van der Waals surface area contributed by atoms with Crippen LogP contribution in [0.2, 0.25) is 0 Å². The molecule has 0 radical (unpaired) electrons. The van der Waals surface area contributed by atoms with E-state index >= 15 is 0 Å². The zero-order valence-corrected chi connectivity index (χ0v) is 21.2. The van der Waals surface area contributed by atoms with Crippen molar-refractivity contribution in [2.24, 2.45) is 15.9 Å². The number of rotatable bonds is 9. The van der Waals surface area contributed by atoms with Crippen LogP contribution in [-0.4, -0.2) is 57.6 Å². The lowest BCUT2D eigenvalue weighted by Crippen LogP contribution is -2.22. The summed E-state index contributed by atoms with van der Waals surface area (Å²) >= 11 is 1.39. The van der Waals surface area contributed by atoms with Gasteiger partial charge in [-0.2, -0.15) is 0 Å². The van der Waals surface area contributed by atoms with Gasteiger partial charge in [0.05, 0.1) is 0 Å². The third-order valence-corrected chi connectivity index (χ3v) is 5.78. The number of ether oxygens (including phenoxy) is 1. The topological polar surface area (TPSA) is 68.1 Å². The van der Waals surface area contributed by atoms with Gasteiger partial charge in [0.1, 0.15) is 17.3 Å².